The fraction of sp³-hybridized carbons (Fsp3) is 0.692. The van der Waals surface area contributed by atoms with Gasteiger partial charge < -0.3 is 15.4 Å². The number of fused-ring (bicyclic) bond motifs is 1. The molecule has 0 saturated heterocycles. The van der Waals surface area contributed by atoms with Crippen molar-refractivity contribution in [3.05, 3.63) is 17.0 Å². The molecule has 0 fully saturated rings. The zero-order chi connectivity index (χ0) is 13.5. The number of hydrogen-bond donors (Lipinski definition) is 3. The van der Waals surface area contributed by atoms with E-state index in [2.05, 4.69) is 20.8 Å². The summed E-state index contributed by atoms with van der Waals surface area (Å²) in [5, 5.41) is 13.3. The second-order valence-electron chi connectivity index (χ2n) is 4.77. The highest BCUT2D eigenvalue weighted by Crippen LogP contribution is 2.14. The summed E-state index contributed by atoms with van der Waals surface area (Å²) >= 11 is 0. The number of methoxy groups -OCH3 is 1. The number of unbranched alkanes of at least 4 members (excludes halogenated alkanes) is 2. The molecule has 106 valence electrons. The third-order valence-corrected chi connectivity index (χ3v) is 3.33. The van der Waals surface area contributed by atoms with Gasteiger partial charge in [-0.05, 0) is 19.3 Å². The molecule has 19 heavy (non-hydrogen) atoms. The standard InChI is InChI=1S/C13H22N4O2/c1-19-8-4-2-3-6-15-13(18)12-10-9-14-7-5-11(10)16-17-12/h14H,2-9H2,1H3,(H,15,18)(H,16,17). The summed E-state index contributed by atoms with van der Waals surface area (Å²) in [5.74, 6) is -0.0760. The predicted molar refractivity (Wildman–Crippen MR) is 72.1 cm³/mol. The maximum absolute atomic E-state index is 12.0. The molecule has 0 atom stereocenters. The van der Waals surface area contributed by atoms with Crippen LogP contribution in [0.25, 0.3) is 0 Å². The maximum atomic E-state index is 12.0. The fourth-order valence-corrected chi connectivity index (χ4v) is 2.25. The number of ether oxygens (including phenoxy) is 1. The summed E-state index contributed by atoms with van der Waals surface area (Å²) in [6, 6.07) is 0. The molecule has 0 radical (unpaired) electrons. The van der Waals surface area contributed by atoms with Crippen LogP contribution >= 0.6 is 0 Å². The molecule has 0 spiro atoms. The highest BCUT2D eigenvalue weighted by atomic mass is 16.5. The van der Waals surface area contributed by atoms with Gasteiger partial charge in [0.1, 0.15) is 0 Å². The zero-order valence-electron chi connectivity index (χ0n) is 11.4. The SMILES string of the molecule is COCCCCCNC(=O)c1n[nH]c2c1CNCC2. The number of hydrogen-bond acceptors (Lipinski definition) is 4. The molecule has 1 aliphatic heterocycles. The van der Waals surface area contributed by atoms with Gasteiger partial charge in [-0.25, -0.2) is 0 Å². The number of aromatic amines is 1. The van der Waals surface area contributed by atoms with E-state index in [9.17, 15) is 4.79 Å². The molecule has 0 unspecified atom stereocenters. The topological polar surface area (TPSA) is 79.0 Å². The van der Waals surface area contributed by atoms with Gasteiger partial charge in [0.25, 0.3) is 5.91 Å². The highest BCUT2D eigenvalue weighted by Gasteiger charge is 2.20. The van der Waals surface area contributed by atoms with Gasteiger partial charge in [-0.3, -0.25) is 9.89 Å². The average molecular weight is 266 g/mol. The first kappa shape index (κ1) is 14.0. The van der Waals surface area contributed by atoms with Crippen molar-refractivity contribution < 1.29 is 9.53 Å². The Morgan fingerprint density at radius 1 is 1.42 bits per heavy atom. The van der Waals surface area contributed by atoms with Gasteiger partial charge in [-0.2, -0.15) is 5.10 Å². The molecule has 6 nitrogen and oxygen atoms in total. The molecule has 0 aliphatic carbocycles. The average Bonchev–Trinajstić information content (AvgIpc) is 2.86. The Labute approximate surface area is 113 Å². The van der Waals surface area contributed by atoms with Gasteiger partial charge in [0.15, 0.2) is 5.69 Å². The third-order valence-electron chi connectivity index (χ3n) is 3.33. The Bertz CT molecular complexity index is 417. The van der Waals surface area contributed by atoms with E-state index >= 15 is 0 Å². The maximum Gasteiger partial charge on any atom is 0.272 e. The van der Waals surface area contributed by atoms with E-state index in [1.54, 1.807) is 7.11 Å². The summed E-state index contributed by atoms with van der Waals surface area (Å²) in [7, 11) is 1.70. The van der Waals surface area contributed by atoms with Crippen LogP contribution in [0.2, 0.25) is 0 Å². The van der Waals surface area contributed by atoms with Crippen LogP contribution in [0.4, 0.5) is 0 Å². The van der Waals surface area contributed by atoms with Crippen LogP contribution in [0.5, 0.6) is 0 Å². The van der Waals surface area contributed by atoms with E-state index in [0.717, 1.165) is 56.6 Å². The largest absolute Gasteiger partial charge is 0.385 e. The summed E-state index contributed by atoms with van der Waals surface area (Å²) in [6.45, 7) is 3.14. The van der Waals surface area contributed by atoms with Crippen LogP contribution in [0, 0.1) is 0 Å². The number of rotatable bonds is 7. The molecule has 0 aromatic carbocycles. The number of carbonyl (C=O) groups is 1. The number of nitrogens with zero attached hydrogens (tertiary/aromatic N) is 1. The molecule has 0 bridgehead atoms. The van der Waals surface area contributed by atoms with Crippen molar-refractivity contribution in [1.82, 2.24) is 20.8 Å². The molecule has 3 N–H and O–H groups in total. The number of aromatic nitrogens is 2. The molecular formula is C13H22N4O2. The zero-order valence-corrected chi connectivity index (χ0v) is 11.4. The molecule has 2 heterocycles. The molecule has 1 aromatic heterocycles. The summed E-state index contributed by atoms with van der Waals surface area (Å²) < 4.78 is 4.98. The minimum Gasteiger partial charge on any atom is -0.385 e. The van der Waals surface area contributed by atoms with Gasteiger partial charge in [0.2, 0.25) is 0 Å². The predicted octanol–water partition coefficient (Wildman–Crippen LogP) is 0.602. The van der Waals surface area contributed by atoms with Crippen LogP contribution in [-0.2, 0) is 17.7 Å². The smallest absolute Gasteiger partial charge is 0.272 e. The first-order valence-electron chi connectivity index (χ1n) is 6.87. The molecule has 1 aliphatic rings. The van der Waals surface area contributed by atoms with Crippen LogP contribution in [0.1, 0.15) is 41.0 Å². The van der Waals surface area contributed by atoms with Gasteiger partial charge >= 0.3 is 0 Å². The van der Waals surface area contributed by atoms with E-state index in [-0.39, 0.29) is 5.91 Å². The van der Waals surface area contributed by atoms with Crippen molar-refractivity contribution in [3.8, 4) is 0 Å². The number of nitrogens with one attached hydrogen (secondary N) is 3. The third kappa shape index (κ3) is 3.78. The lowest BCUT2D eigenvalue weighted by Gasteiger charge is -2.12. The van der Waals surface area contributed by atoms with Crippen molar-refractivity contribution in [3.63, 3.8) is 0 Å². The number of H-pyrrole nitrogens is 1. The molecule has 6 heteroatoms. The lowest BCUT2D eigenvalue weighted by molar-refractivity contribution is 0.0946. The Hall–Kier alpha value is -1.40. The molecule has 1 amide bonds. The summed E-state index contributed by atoms with van der Waals surface area (Å²) in [4.78, 5) is 12.0. The number of carbonyl (C=O) groups excluding carboxylic acids is 1. The molecular weight excluding hydrogens is 244 g/mol. The Morgan fingerprint density at radius 3 is 3.16 bits per heavy atom. The van der Waals surface area contributed by atoms with Gasteiger partial charge in [0, 0.05) is 51.0 Å². The second kappa shape index (κ2) is 7.25. The quantitative estimate of drug-likeness (QED) is 0.632. The Kier molecular flexibility index (Phi) is 5.35. The van der Waals surface area contributed by atoms with Gasteiger partial charge in [0.05, 0.1) is 0 Å². The van der Waals surface area contributed by atoms with Gasteiger partial charge in [-0.15, -0.1) is 0 Å². The van der Waals surface area contributed by atoms with E-state index in [1.165, 1.54) is 0 Å². The summed E-state index contributed by atoms with van der Waals surface area (Å²) in [6.07, 6.45) is 3.98. The van der Waals surface area contributed by atoms with E-state index < -0.39 is 0 Å². The van der Waals surface area contributed by atoms with Crippen LogP contribution in [0.15, 0.2) is 0 Å². The van der Waals surface area contributed by atoms with Crippen molar-refractivity contribution in [2.24, 2.45) is 0 Å². The normalized spacial score (nSPS) is 14.2. The monoisotopic (exact) mass is 266 g/mol. The lowest BCUT2D eigenvalue weighted by Crippen LogP contribution is -2.29. The Balaban J connectivity index is 1.75. The number of amides is 1. The first-order chi connectivity index (χ1) is 9.33. The van der Waals surface area contributed by atoms with E-state index in [0.29, 0.717) is 12.2 Å². The fourth-order valence-electron chi connectivity index (χ4n) is 2.25. The highest BCUT2D eigenvalue weighted by molar-refractivity contribution is 5.94. The van der Waals surface area contributed by atoms with Crippen LogP contribution in [-0.4, -0.2) is 42.9 Å². The van der Waals surface area contributed by atoms with E-state index in [4.69, 9.17) is 4.74 Å². The van der Waals surface area contributed by atoms with Gasteiger partial charge in [-0.1, -0.05) is 0 Å². The first-order valence-corrected chi connectivity index (χ1v) is 6.87. The molecule has 2 rings (SSSR count). The Morgan fingerprint density at radius 2 is 2.32 bits per heavy atom. The van der Waals surface area contributed by atoms with E-state index in [1.807, 2.05) is 0 Å². The second-order valence-corrected chi connectivity index (χ2v) is 4.77. The van der Waals surface area contributed by atoms with Crippen molar-refractivity contribution in [1.29, 1.82) is 0 Å². The summed E-state index contributed by atoms with van der Waals surface area (Å²) in [5.41, 5.74) is 2.64. The minimum atomic E-state index is -0.0760. The van der Waals surface area contributed by atoms with Crippen molar-refractivity contribution in [2.75, 3.05) is 26.8 Å². The van der Waals surface area contributed by atoms with Crippen molar-refractivity contribution in [2.45, 2.75) is 32.2 Å². The van der Waals surface area contributed by atoms with Crippen molar-refractivity contribution >= 4 is 5.91 Å². The van der Waals surface area contributed by atoms with Crippen LogP contribution < -0.4 is 10.6 Å². The minimum absolute atomic E-state index is 0.0760. The lowest BCUT2D eigenvalue weighted by atomic mass is 10.1. The van der Waals surface area contributed by atoms with Crippen LogP contribution in [0.3, 0.4) is 0 Å². The molecule has 1 aromatic rings. The molecule has 0 saturated carbocycles.